The van der Waals surface area contributed by atoms with Gasteiger partial charge < -0.3 is 19.3 Å². The minimum atomic E-state index is 0.374. The summed E-state index contributed by atoms with van der Waals surface area (Å²) in [5, 5.41) is 9.99. The van der Waals surface area contributed by atoms with Gasteiger partial charge in [-0.1, -0.05) is 11.6 Å². The van der Waals surface area contributed by atoms with Crippen molar-refractivity contribution in [1.29, 1.82) is 5.26 Å². The molecular formula is C27H35ClN6O2. The maximum atomic E-state index is 9.26. The Hall–Kier alpha value is -2.60. The van der Waals surface area contributed by atoms with Gasteiger partial charge in [0.05, 0.1) is 18.9 Å². The largest absolute Gasteiger partial charge is 0.497 e. The highest BCUT2D eigenvalue weighted by molar-refractivity contribution is 6.31. The number of hydrogen-bond acceptors (Lipinski definition) is 8. The lowest BCUT2D eigenvalue weighted by atomic mass is 9.95. The second kappa shape index (κ2) is 11.2. The number of ether oxygens (including phenoxy) is 2. The van der Waals surface area contributed by atoms with E-state index in [-0.39, 0.29) is 0 Å². The lowest BCUT2D eigenvalue weighted by Crippen LogP contribution is -2.37. The summed E-state index contributed by atoms with van der Waals surface area (Å²) in [5.41, 5.74) is 3.22. The van der Waals surface area contributed by atoms with Gasteiger partial charge in [0, 0.05) is 55.8 Å². The highest BCUT2D eigenvalue weighted by Gasteiger charge is 2.31. The minimum Gasteiger partial charge on any atom is -0.497 e. The van der Waals surface area contributed by atoms with Crippen LogP contribution in [0.25, 0.3) is 0 Å². The van der Waals surface area contributed by atoms with E-state index in [1.54, 1.807) is 7.11 Å². The lowest BCUT2D eigenvalue weighted by molar-refractivity contribution is 0.187. The van der Waals surface area contributed by atoms with E-state index in [1.165, 1.54) is 6.42 Å². The number of halogens is 1. The number of nitrogens with zero attached hydrogens (tertiary/aromatic N) is 6. The fourth-order valence-corrected chi connectivity index (χ4v) is 5.85. The zero-order valence-corrected chi connectivity index (χ0v) is 22.0. The molecular weight excluding hydrogens is 476 g/mol. The molecule has 192 valence electrons. The van der Waals surface area contributed by atoms with Gasteiger partial charge in [0.2, 0.25) is 0 Å². The normalized spacial score (nSPS) is 22.4. The lowest BCUT2D eigenvalue weighted by Gasteiger charge is -2.33. The van der Waals surface area contributed by atoms with E-state index < -0.39 is 0 Å². The number of likely N-dealkylation sites (N-methyl/N-ethyl adjacent to an activating group) is 1. The summed E-state index contributed by atoms with van der Waals surface area (Å²) in [7, 11) is 3.82. The van der Waals surface area contributed by atoms with Crippen LogP contribution in [0.2, 0.25) is 5.02 Å². The van der Waals surface area contributed by atoms with Crippen molar-refractivity contribution < 1.29 is 9.47 Å². The number of rotatable bonds is 8. The van der Waals surface area contributed by atoms with Crippen molar-refractivity contribution in [2.45, 2.75) is 57.8 Å². The van der Waals surface area contributed by atoms with Gasteiger partial charge in [-0.2, -0.15) is 15.2 Å². The van der Waals surface area contributed by atoms with Gasteiger partial charge in [-0.25, -0.2) is 0 Å². The molecule has 0 aliphatic carbocycles. The number of methoxy groups -OCH3 is 1. The molecule has 0 spiro atoms. The summed E-state index contributed by atoms with van der Waals surface area (Å²) >= 11 is 6.51. The maximum Gasteiger partial charge on any atom is 0.318 e. The first-order chi connectivity index (χ1) is 17.5. The number of fused-ring (bicyclic) bond motifs is 1. The van der Waals surface area contributed by atoms with Gasteiger partial charge >= 0.3 is 6.01 Å². The fraction of sp³-hybridized carbons (Fsp3) is 0.593. The Labute approximate surface area is 218 Å². The van der Waals surface area contributed by atoms with E-state index in [0.717, 1.165) is 78.9 Å². The van der Waals surface area contributed by atoms with Crippen molar-refractivity contribution >= 4 is 17.4 Å². The molecule has 2 fully saturated rings. The van der Waals surface area contributed by atoms with Crippen molar-refractivity contribution in [1.82, 2.24) is 19.8 Å². The van der Waals surface area contributed by atoms with Gasteiger partial charge in [0.25, 0.3) is 0 Å². The van der Waals surface area contributed by atoms with E-state index in [1.807, 2.05) is 18.2 Å². The molecule has 2 aromatic rings. The number of aromatic nitrogens is 2. The van der Waals surface area contributed by atoms with Crippen LogP contribution in [0.3, 0.4) is 0 Å². The Morgan fingerprint density at radius 1 is 1.17 bits per heavy atom. The van der Waals surface area contributed by atoms with Gasteiger partial charge in [0.15, 0.2) is 0 Å². The van der Waals surface area contributed by atoms with Crippen molar-refractivity contribution in [2.75, 3.05) is 45.3 Å². The molecule has 0 saturated carbocycles. The molecule has 8 nitrogen and oxygen atoms in total. The third-order valence-corrected chi connectivity index (χ3v) is 8.10. The van der Waals surface area contributed by atoms with Crippen LogP contribution in [0, 0.1) is 17.2 Å². The first-order valence-electron chi connectivity index (χ1n) is 12.9. The van der Waals surface area contributed by atoms with Crippen LogP contribution in [0.5, 0.6) is 11.8 Å². The van der Waals surface area contributed by atoms with Gasteiger partial charge in [-0.05, 0) is 69.0 Å². The SMILES string of the molecule is COc1ccc(Cl)c(CN2Cc3nc(OC[C@@H]4CCCN4C)nc(N4CCC[C@@H](CC#N)C4)c3C2)c1. The van der Waals surface area contributed by atoms with E-state index >= 15 is 0 Å². The number of anilines is 1. The molecule has 4 heterocycles. The van der Waals surface area contributed by atoms with Crippen LogP contribution in [0.4, 0.5) is 5.82 Å². The van der Waals surface area contributed by atoms with Crippen LogP contribution in [-0.4, -0.2) is 66.2 Å². The van der Waals surface area contributed by atoms with Gasteiger partial charge in [0.1, 0.15) is 18.2 Å². The average Bonchev–Trinajstić information content (AvgIpc) is 3.49. The van der Waals surface area contributed by atoms with E-state index in [2.05, 4.69) is 27.8 Å². The van der Waals surface area contributed by atoms with E-state index in [9.17, 15) is 5.26 Å². The first-order valence-corrected chi connectivity index (χ1v) is 13.3. The fourth-order valence-electron chi connectivity index (χ4n) is 5.67. The number of likely N-dealkylation sites (tertiary alicyclic amines) is 1. The number of hydrogen-bond donors (Lipinski definition) is 0. The van der Waals surface area contributed by atoms with Crippen molar-refractivity contribution in [3.63, 3.8) is 0 Å². The standard InChI is InChI=1S/C27H35ClN6O2/c1-32-11-4-6-21(32)18-36-27-30-25-17-33(15-20-13-22(35-2)7-8-24(20)28)16-23(25)26(31-27)34-12-3-5-19(14-34)9-10-29/h7-8,13,19,21H,3-6,9,11-12,14-18H2,1-2H3/t19-,21-/m0/s1. The molecule has 1 aromatic heterocycles. The van der Waals surface area contributed by atoms with Crippen LogP contribution in [0.15, 0.2) is 18.2 Å². The minimum absolute atomic E-state index is 0.374. The summed E-state index contributed by atoms with van der Waals surface area (Å²) in [5.74, 6) is 2.15. The van der Waals surface area contributed by atoms with Crippen LogP contribution < -0.4 is 14.4 Å². The Balaban J connectivity index is 1.39. The molecule has 2 saturated heterocycles. The Morgan fingerprint density at radius 3 is 2.81 bits per heavy atom. The Kier molecular flexibility index (Phi) is 7.80. The molecule has 1 aromatic carbocycles. The third-order valence-electron chi connectivity index (χ3n) is 7.73. The van der Waals surface area contributed by atoms with Gasteiger partial charge in [-0.15, -0.1) is 0 Å². The smallest absolute Gasteiger partial charge is 0.318 e. The summed E-state index contributed by atoms with van der Waals surface area (Å²) in [6, 6.07) is 9.01. The number of nitriles is 1. The monoisotopic (exact) mass is 510 g/mol. The molecule has 0 amide bonds. The second-order valence-electron chi connectivity index (χ2n) is 10.3. The molecule has 36 heavy (non-hydrogen) atoms. The topological polar surface area (TPSA) is 77.8 Å². The summed E-state index contributed by atoms with van der Waals surface area (Å²) in [6.45, 7) is 5.68. The van der Waals surface area contributed by atoms with Crippen molar-refractivity contribution in [2.24, 2.45) is 5.92 Å². The van der Waals surface area contributed by atoms with Crippen LogP contribution in [-0.2, 0) is 19.6 Å². The van der Waals surface area contributed by atoms with Crippen LogP contribution in [0.1, 0.15) is 48.9 Å². The first kappa shape index (κ1) is 25.1. The zero-order chi connectivity index (χ0) is 25.1. The summed E-state index contributed by atoms with van der Waals surface area (Å²) in [6.07, 6.45) is 5.09. The quantitative estimate of drug-likeness (QED) is 0.521. The molecule has 0 bridgehead atoms. The molecule has 2 atom stereocenters. The van der Waals surface area contributed by atoms with Gasteiger partial charge in [-0.3, -0.25) is 4.90 Å². The molecule has 0 unspecified atom stereocenters. The molecule has 3 aliphatic rings. The molecule has 0 radical (unpaired) electrons. The van der Waals surface area contributed by atoms with Crippen molar-refractivity contribution in [3.05, 3.63) is 40.0 Å². The average molecular weight is 511 g/mol. The molecule has 9 heteroatoms. The predicted octanol–water partition coefficient (Wildman–Crippen LogP) is 4.26. The second-order valence-corrected chi connectivity index (χ2v) is 10.7. The summed E-state index contributed by atoms with van der Waals surface area (Å²) in [4.78, 5) is 16.9. The highest BCUT2D eigenvalue weighted by atomic mass is 35.5. The zero-order valence-electron chi connectivity index (χ0n) is 21.2. The van der Waals surface area contributed by atoms with Crippen molar-refractivity contribution in [3.8, 4) is 17.8 Å². The molecule has 3 aliphatic heterocycles. The van der Waals surface area contributed by atoms with Crippen LogP contribution >= 0.6 is 11.6 Å². The van der Waals surface area contributed by atoms with E-state index in [4.69, 9.17) is 31.0 Å². The molecule has 5 rings (SSSR count). The Morgan fingerprint density at radius 2 is 2.03 bits per heavy atom. The summed E-state index contributed by atoms with van der Waals surface area (Å²) < 4.78 is 11.6. The highest BCUT2D eigenvalue weighted by Crippen LogP contribution is 2.35. The third kappa shape index (κ3) is 5.54. The maximum absolute atomic E-state index is 9.26. The predicted molar refractivity (Wildman–Crippen MR) is 139 cm³/mol. The van der Waals surface area contributed by atoms with E-state index in [0.29, 0.717) is 44.1 Å². The Bertz CT molecular complexity index is 1120. The molecule has 0 N–H and O–H groups in total. The number of piperidine rings is 1. The number of benzene rings is 1.